The lowest BCUT2D eigenvalue weighted by Gasteiger charge is -2.09. The number of halogens is 1. The number of carbonyl (C=O) groups is 2. The number of rotatable bonds is 4. The molecule has 3 nitrogen and oxygen atoms in total. The Morgan fingerprint density at radius 2 is 1.68 bits per heavy atom. The van der Waals surface area contributed by atoms with E-state index in [1.54, 1.807) is 42.5 Å². The van der Waals surface area contributed by atoms with E-state index in [1.165, 1.54) is 6.07 Å². The Balaban J connectivity index is 2.61. The molecule has 0 heterocycles. The van der Waals surface area contributed by atoms with Crippen molar-refractivity contribution in [3.05, 3.63) is 70.8 Å². The lowest BCUT2D eigenvalue weighted by Crippen LogP contribution is -2.12. The molecule has 0 spiro atoms. The second kappa shape index (κ2) is 5.67. The second-order valence-corrected chi connectivity index (χ2v) is 4.24. The van der Waals surface area contributed by atoms with Gasteiger partial charge in [-0.3, -0.25) is 4.79 Å². The first-order valence-corrected chi connectivity index (χ1v) is 6.19. The predicted octanol–water partition coefficient (Wildman–Crippen LogP) is 3.35. The zero-order valence-corrected chi connectivity index (χ0v) is 10.7. The highest BCUT2D eigenvalue weighted by molar-refractivity contribution is 6.20. The van der Waals surface area contributed by atoms with Crippen LogP contribution >= 0.6 is 11.6 Å². The molecule has 0 radical (unpaired) electrons. The highest BCUT2D eigenvalue weighted by atomic mass is 35.5. The molecule has 0 bridgehead atoms. The molecule has 0 aliphatic rings. The van der Waals surface area contributed by atoms with E-state index in [1.807, 2.05) is 0 Å². The van der Waals surface area contributed by atoms with E-state index < -0.39 is 5.97 Å². The topological polar surface area (TPSA) is 54.4 Å². The third-order valence-corrected chi connectivity index (χ3v) is 3.08. The molecule has 2 aromatic rings. The van der Waals surface area contributed by atoms with Gasteiger partial charge in [0.2, 0.25) is 0 Å². The van der Waals surface area contributed by atoms with E-state index in [-0.39, 0.29) is 22.8 Å². The minimum absolute atomic E-state index is 0.0213. The number of aromatic carboxylic acids is 1. The summed E-state index contributed by atoms with van der Waals surface area (Å²) in [5.74, 6) is -1.37. The van der Waals surface area contributed by atoms with Crippen LogP contribution in [0, 0.1) is 0 Å². The molecule has 0 saturated carbocycles. The molecule has 1 N–H and O–H groups in total. The molecule has 2 aromatic carbocycles. The number of hydrogen-bond acceptors (Lipinski definition) is 2. The van der Waals surface area contributed by atoms with Gasteiger partial charge in [0, 0.05) is 17.0 Å². The van der Waals surface area contributed by atoms with Crippen molar-refractivity contribution in [2.24, 2.45) is 0 Å². The van der Waals surface area contributed by atoms with Gasteiger partial charge in [-0.2, -0.15) is 0 Å². The standard InChI is InChI=1S/C15H11ClO3/c16-9-11-7-4-8-12(15(18)19)13(11)14(17)10-5-2-1-3-6-10/h1-8H,9H2,(H,18,19). The van der Waals surface area contributed by atoms with Crippen molar-refractivity contribution < 1.29 is 14.7 Å². The number of hydrogen-bond donors (Lipinski definition) is 1. The molecule has 0 atom stereocenters. The number of carboxylic acid groups (broad SMARTS) is 1. The molecule has 19 heavy (non-hydrogen) atoms. The number of benzene rings is 2. The van der Waals surface area contributed by atoms with E-state index in [0.29, 0.717) is 11.1 Å². The fourth-order valence-electron chi connectivity index (χ4n) is 1.89. The van der Waals surface area contributed by atoms with Crippen LogP contribution in [0.25, 0.3) is 0 Å². The Morgan fingerprint density at radius 3 is 2.26 bits per heavy atom. The number of alkyl halides is 1. The molecule has 0 aliphatic heterocycles. The van der Waals surface area contributed by atoms with Gasteiger partial charge >= 0.3 is 5.97 Å². The molecule has 4 heteroatoms. The Hall–Kier alpha value is -2.13. The van der Waals surface area contributed by atoms with E-state index in [0.717, 1.165) is 0 Å². The van der Waals surface area contributed by atoms with E-state index in [9.17, 15) is 14.7 Å². The summed E-state index contributed by atoms with van der Waals surface area (Å²) in [4.78, 5) is 23.7. The molecular formula is C15H11ClO3. The van der Waals surface area contributed by atoms with Crippen molar-refractivity contribution in [2.45, 2.75) is 5.88 Å². The van der Waals surface area contributed by atoms with Crippen LogP contribution in [0.3, 0.4) is 0 Å². The van der Waals surface area contributed by atoms with Gasteiger partial charge < -0.3 is 5.11 Å². The average Bonchev–Trinajstić information content (AvgIpc) is 2.46. The first-order chi connectivity index (χ1) is 9.15. The van der Waals surface area contributed by atoms with Gasteiger partial charge in [0.05, 0.1) is 5.56 Å². The van der Waals surface area contributed by atoms with Crippen LogP contribution in [0.5, 0.6) is 0 Å². The average molecular weight is 275 g/mol. The normalized spacial score (nSPS) is 10.2. The Morgan fingerprint density at radius 1 is 1.00 bits per heavy atom. The first-order valence-electron chi connectivity index (χ1n) is 5.66. The molecule has 0 aliphatic carbocycles. The Kier molecular flexibility index (Phi) is 3.97. The predicted molar refractivity (Wildman–Crippen MR) is 72.8 cm³/mol. The van der Waals surface area contributed by atoms with E-state index in [4.69, 9.17) is 11.6 Å². The maximum atomic E-state index is 12.4. The smallest absolute Gasteiger partial charge is 0.336 e. The summed E-state index contributed by atoms with van der Waals surface area (Å²) in [5.41, 5.74) is 1.11. The Bertz CT molecular complexity index is 621. The lowest BCUT2D eigenvalue weighted by molar-refractivity contribution is 0.0692. The van der Waals surface area contributed by atoms with Crippen molar-refractivity contribution >= 4 is 23.4 Å². The minimum atomic E-state index is -1.13. The SMILES string of the molecule is O=C(O)c1cccc(CCl)c1C(=O)c1ccccc1. The van der Waals surface area contributed by atoms with Gasteiger partial charge in [-0.25, -0.2) is 4.79 Å². The molecule has 96 valence electrons. The third-order valence-electron chi connectivity index (χ3n) is 2.79. The van der Waals surface area contributed by atoms with Gasteiger partial charge in [-0.05, 0) is 11.6 Å². The second-order valence-electron chi connectivity index (χ2n) is 3.97. The maximum absolute atomic E-state index is 12.4. The number of carbonyl (C=O) groups excluding carboxylic acids is 1. The van der Waals surface area contributed by atoms with Gasteiger partial charge in [0.1, 0.15) is 0 Å². The minimum Gasteiger partial charge on any atom is -0.478 e. The summed E-state index contributed by atoms with van der Waals surface area (Å²) in [6.07, 6.45) is 0. The van der Waals surface area contributed by atoms with Gasteiger partial charge in [0.15, 0.2) is 5.78 Å². The highest BCUT2D eigenvalue weighted by Gasteiger charge is 2.20. The molecule has 0 aromatic heterocycles. The zero-order valence-electron chi connectivity index (χ0n) is 9.97. The Labute approximate surface area is 115 Å². The third kappa shape index (κ3) is 2.66. The van der Waals surface area contributed by atoms with E-state index in [2.05, 4.69) is 0 Å². The molecule has 2 rings (SSSR count). The van der Waals surface area contributed by atoms with Gasteiger partial charge in [-0.1, -0.05) is 42.5 Å². The van der Waals surface area contributed by atoms with Crippen LogP contribution in [0.1, 0.15) is 31.8 Å². The highest BCUT2D eigenvalue weighted by Crippen LogP contribution is 2.21. The van der Waals surface area contributed by atoms with Gasteiger partial charge in [0.25, 0.3) is 0 Å². The van der Waals surface area contributed by atoms with Crippen LogP contribution in [-0.2, 0) is 5.88 Å². The largest absolute Gasteiger partial charge is 0.478 e. The molecule has 0 unspecified atom stereocenters. The maximum Gasteiger partial charge on any atom is 0.336 e. The van der Waals surface area contributed by atoms with Crippen molar-refractivity contribution in [3.63, 3.8) is 0 Å². The first kappa shape index (κ1) is 13.3. The fourth-order valence-corrected chi connectivity index (χ4v) is 2.11. The fraction of sp³-hybridized carbons (Fsp3) is 0.0667. The van der Waals surface area contributed by atoms with Crippen molar-refractivity contribution in [3.8, 4) is 0 Å². The summed E-state index contributed by atoms with van der Waals surface area (Å²) in [7, 11) is 0. The molecule has 0 saturated heterocycles. The summed E-state index contributed by atoms with van der Waals surface area (Å²) in [6.45, 7) is 0. The summed E-state index contributed by atoms with van der Waals surface area (Å²) >= 11 is 5.80. The quantitative estimate of drug-likeness (QED) is 0.687. The van der Waals surface area contributed by atoms with Crippen molar-refractivity contribution in [2.75, 3.05) is 0 Å². The summed E-state index contributed by atoms with van der Waals surface area (Å²) in [5, 5.41) is 9.19. The van der Waals surface area contributed by atoms with Gasteiger partial charge in [-0.15, -0.1) is 11.6 Å². The van der Waals surface area contributed by atoms with Crippen LogP contribution in [0.4, 0.5) is 0 Å². The monoisotopic (exact) mass is 274 g/mol. The molecule has 0 fully saturated rings. The van der Waals surface area contributed by atoms with Crippen LogP contribution in [-0.4, -0.2) is 16.9 Å². The van der Waals surface area contributed by atoms with E-state index >= 15 is 0 Å². The van der Waals surface area contributed by atoms with Crippen LogP contribution < -0.4 is 0 Å². The van der Waals surface area contributed by atoms with Crippen molar-refractivity contribution in [1.82, 2.24) is 0 Å². The number of carboxylic acids is 1. The molecular weight excluding hydrogens is 264 g/mol. The lowest BCUT2D eigenvalue weighted by atomic mass is 9.94. The number of ketones is 1. The molecule has 0 amide bonds. The zero-order chi connectivity index (χ0) is 13.8. The van der Waals surface area contributed by atoms with Crippen LogP contribution in [0.15, 0.2) is 48.5 Å². The summed E-state index contributed by atoms with van der Waals surface area (Å²) < 4.78 is 0. The van der Waals surface area contributed by atoms with Crippen LogP contribution in [0.2, 0.25) is 0 Å². The summed E-state index contributed by atoms with van der Waals surface area (Å²) in [6, 6.07) is 13.2. The van der Waals surface area contributed by atoms with Crippen molar-refractivity contribution in [1.29, 1.82) is 0 Å².